The van der Waals surface area contributed by atoms with Crippen molar-refractivity contribution in [3.05, 3.63) is 47.5 Å². The molecule has 0 aliphatic heterocycles. The van der Waals surface area contributed by atoms with Crippen LogP contribution in [0.1, 0.15) is 36.8 Å². The molecule has 0 bridgehead atoms. The summed E-state index contributed by atoms with van der Waals surface area (Å²) in [6.07, 6.45) is 3.60. The zero-order valence-corrected chi connectivity index (χ0v) is 12.7. The molecule has 4 heteroatoms. The second-order valence-corrected chi connectivity index (χ2v) is 5.08. The first-order chi connectivity index (χ1) is 9.61. The van der Waals surface area contributed by atoms with E-state index in [1.54, 1.807) is 6.26 Å². The summed E-state index contributed by atoms with van der Waals surface area (Å²) in [5.41, 5.74) is 2.45. The van der Waals surface area contributed by atoms with Gasteiger partial charge in [-0.2, -0.15) is 0 Å². The Morgan fingerprint density at radius 1 is 1.40 bits per heavy atom. The lowest BCUT2D eigenvalue weighted by Gasteiger charge is -2.20. The molecule has 1 atom stereocenters. The van der Waals surface area contributed by atoms with E-state index >= 15 is 0 Å². The lowest BCUT2D eigenvalue weighted by atomic mass is 10.1. The molecule has 2 rings (SSSR count). The third kappa shape index (κ3) is 3.39. The van der Waals surface area contributed by atoms with E-state index in [1.807, 2.05) is 19.2 Å². The second-order valence-electron chi connectivity index (χ2n) is 5.08. The first-order valence-electron chi connectivity index (χ1n) is 7.05. The van der Waals surface area contributed by atoms with Gasteiger partial charge in [0.15, 0.2) is 0 Å². The summed E-state index contributed by atoms with van der Waals surface area (Å²) < 4.78 is 5.34. The van der Waals surface area contributed by atoms with Crippen LogP contribution in [-0.2, 0) is 6.54 Å². The lowest BCUT2D eigenvalue weighted by Crippen LogP contribution is -2.20. The van der Waals surface area contributed by atoms with Crippen molar-refractivity contribution in [2.24, 2.45) is 0 Å². The molecule has 1 unspecified atom stereocenters. The Morgan fingerprint density at radius 2 is 2.20 bits per heavy atom. The van der Waals surface area contributed by atoms with E-state index in [-0.39, 0.29) is 0 Å². The lowest BCUT2D eigenvalue weighted by molar-refractivity contribution is 0.529. The van der Waals surface area contributed by atoms with Gasteiger partial charge < -0.3 is 14.6 Å². The molecule has 0 aliphatic rings. The van der Waals surface area contributed by atoms with Gasteiger partial charge in [0.05, 0.1) is 6.26 Å². The van der Waals surface area contributed by atoms with Crippen LogP contribution < -0.4 is 10.2 Å². The molecule has 20 heavy (non-hydrogen) atoms. The van der Waals surface area contributed by atoms with Gasteiger partial charge in [-0.3, -0.25) is 0 Å². The SMILES string of the molecule is CCNC(C)c1ccnc(N(C)Cc2ccoc2C)c1. The summed E-state index contributed by atoms with van der Waals surface area (Å²) in [6, 6.07) is 6.55. The van der Waals surface area contributed by atoms with Gasteiger partial charge in [-0.25, -0.2) is 4.98 Å². The van der Waals surface area contributed by atoms with Crippen molar-refractivity contribution in [3.8, 4) is 0 Å². The first-order valence-corrected chi connectivity index (χ1v) is 7.05. The Hall–Kier alpha value is -1.81. The molecule has 2 aromatic heterocycles. The Labute approximate surface area is 120 Å². The van der Waals surface area contributed by atoms with E-state index in [0.717, 1.165) is 24.7 Å². The van der Waals surface area contributed by atoms with E-state index in [1.165, 1.54) is 11.1 Å². The zero-order valence-electron chi connectivity index (χ0n) is 12.7. The number of nitrogens with zero attached hydrogens (tertiary/aromatic N) is 2. The fourth-order valence-electron chi connectivity index (χ4n) is 2.25. The summed E-state index contributed by atoms with van der Waals surface area (Å²) in [5.74, 6) is 1.95. The number of furan rings is 1. The van der Waals surface area contributed by atoms with Gasteiger partial charge in [-0.15, -0.1) is 0 Å². The van der Waals surface area contributed by atoms with Crippen molar-refractivity contribution < 1.29 is 4.42 Å². The number of pyridine rings is 1. The fraction of sp³-hybridized carbons (Fsp3) is 0.438. The molecular weight excluding hydrogens is 250 g/mol. The maximum atomic E-state index is 5.34. The molecule has 2 heterocycles. The molecule has 0 fully saturated rings. The minimum absolute atomic E-state index is 0.339. The van der Waals surface area contributed by atoms with Crippen LogP contribution in [0.15, 0.2) is 35.1 Å². The maximum absolute atomic E-state index is 5.34. The van der Waals surface area contributed by atoms with Crippen LogP contribution in [0.25, 0.3) is 0 Å². The number of hydrogen-bond acceptors (Lipinski definition) is 4. The Balaban J connectivity index is 2.12. The summed E-state index contributed by atoms with van der Waals surface area (Å²) in [7, 11) is 2.05. The van der Waals surface area contributed by atoms with E-state index in [4.69, 9.17) is 4.42 Å². The average Bonchev–Trinajstić information content (AvgIpc) is 2.85. The molecule has 0 saturated heterocycles. The number of aryl methyl sites for hydroxylation is 1. The summed E-state index contributed by atoms with van der Waals surface area (Å²) >= 11 is 0. The highest BCUT2D eigenvalue weighted by molar-refractivity contribution is 5.42. The van der Waals surface area contributed by atoms with E-state index in [2.05, 4.69) is 48.2 Å². The van der Waals surface area contributed by atoms with Crippen molar-refractivity contribution in [1.29, 1.82) is 0 Å². The van der Waals surface area contributed by atoms with Gasteiger partial charge in [0.2, 0.25) is 0 Å². The number of rotatable bonds is 6. The highest BCUT2D eigenvalue weighted by atomic mass is 16.3. The summed E-state index contributed by atoms with van der Waals surface area (Å²) in [6.45, 7) is 8.03. The van der Waals surface area contributed by atoms with Crippen molar-refractivity contribution >= 4 is 5.82 Å². The normalized spacial score (nSPS) is 12.4. The van der Waals surface area contributed by atoms with Crippen LogP contribution >= 0.6 is 0 Å². The standard InChI is InChI=1S/C16H23N3O/c1-5-17-12(2)14-6-8-18-16(10-14)19(4)11-15-7-9-20-13(15)3/h6-10,12,17H,5,11H2,1-4H3. The van der Waals surface area contributed by atoms with Crippen molar-refractivity contribution in [3.63, 3.8) is 0 Å². The Kier molecular flexibility index (Phi) is 4.79. The van der Waals surface area contributed by atoms with E-state index in [9.17, 15) is 0 Å². The van der Waals surface area contributed by atoms with Crippen LogP contribution in [0, 0.1) is 6.92 Å². The molecule has 4 nitrogen and oxygen atoms in total. The van der Waals surface area contributed by atoms with Crippen LogP contribution in [0.4, 0.5) is 5.82 Å². The monoisotopic (exact) mass is 273 g/mol. The van der Waals surface area contributed by atoms with Crippen molar-refractivity contribution in [1.82, 2.24) is 10.3 Å². The highest BCUT2D eigenvalue weighted by Crippen LogP contribution is 2.20. The van der Waals surface area contributed by atoms with Gasteiger partial charge in [-0.05, 0) is 44.2 Å². The van der Waals surface area contributed by atoms with Gasteiger partial charge in [0.25, 0.3) is 0 Å². The molecule has 108 valence electrons. The van der Waals surface area contributed by atoms with Crippen LogP contribution in [0.3, 0.4) is 0 Å². The third-order valence-corrected chi connectivity index (χ3v) is 3.54. The van der Waals surface area contributed by atoms with Gasteiger partial charge in [-0.1, -0.05) is 6.92 Å². The predicted molar refractivity (Wildman–Crippen MR) is 81.9 cm³/mol. The van der Waals surface area contributed by atoms with Gasteiger partial charge >= 0.3 is 0 Å². The molecule has 0 aliphatic carbocycles. The summed E-state index contributed by atoms with van der Waals surface area (Å²) in [5, 5.41) is 3.42. The fourth-order valence-corrected chi connectivity index (χ4v) is 2.25. The molecule has 0 aromatic carbocycles. The van der Waals surface area contributed by atoms with Crippen molar-refractivity contribution in [2.45, 2.75) is 33.4 Å². The van der Waals surface area contributed by atoms with Crippen LogP contribution in [-0.4, -0.2) is 18.6 Å². The molecule has 0 spiro atoms. The molecule has 1 N–H and O–H groups in total. The quantitative estimate of drug-likeness (QED) is 0.877. The highest BCUT2D eigenvalue weighted by Gasteiger charge is 2.10. The predicted octanol–water partition coefficient (Wildman–Crippen LogP) is 3.29. The Bertz CT molecular complexity index is 550. The maximum Gasteiger partial charge on any atom is 0.128 e. The average molecular weight is 273 g/mol. The van der Waals surface area contributed by atoms with E-state index in [0.29, 0.717) is 6.04 Å². The number of anilines is 1. The van der Waals surface area contributed by atoms with Crippen LogP contribution in [0.5, 0.6) is 0 Å². The molecule has 2 aromatic rings. The largest absolute Gasteiger partial charge is 0.469 e. The minimum Gasteiger partial charge on any atom is -0.469 e. The number of nitrogens with one attached hydrogen (secondary N) is 1. The van der Waals surface area contributed by atoms with Crippen molar-refractivity contribution in [2.75, 3.05) is 18.5 Å². The first kappa shape index (κ1) is 14.6. The molecule has 0 amide bonds. The smallest absolute Gasteiger partial charge is 0.128 e. The molecule has 0 radical (unpaired) electrons. The number of aromatic nitrogens is 1. The summed E-state index contributed by atoms with van der Waals surface area (Å²) in [4.78, 5) is 6.60. The third-order valence-electron chi connectivity index (χ3n) is 3.54. The molecular formula is C16H23N3O. The van der Waals surface area contributed by atoms with E-state index < -0.39 is 0 Å². The van der Waals surface area contributed by atoms with Gasteiger partial charge in [0.1, 0.15) is 11.6 Å². The molecule has 0 saturated carbocycles. The zero-order chi connectivity index (χ0) is 14.5. The minimum atomic E-state index is 0.339. The second kappa shape index (κ2) is 6.57. The topological polar surface area (TPSA) is 41.3 Å². The van der Waals surface area contributed by atoms with Gasteiger partial charge in [0, 0.05) is 31.4 Å². The Morgan fingerprint density at radius 3 is 2.85 bits per heavy atom. The van der Waals surface area contributed by atoms with Crippen LogP contribution in [0.2, 0.25) is 0 Å². The number of hydrogen-bond donors (Lipinski definition) is 1.